The Morgan fingerprint density at radius 2 is 1.88 bits per heavy atom. The highest BCUT2D eigenvalue weighted by molar-refractivity contribution is 7.92. The quantitative estimate of drug-likeness (QED) is 0.753. The fourth-order valence-electron chi connectivity index (χ4n) is 2.10. The van der Waals surface area contributed by atoms with Gasteiger partial charge in [-0.2, -0.15) is 0 Å². The second-order valence-corrected chi connectivity index (χ2v) is 7.76. The molecule has 0 bridgehead atoms. The van der Waals surface area contributed by atoms with E-state index < -0.39 is 21.7 Å². The van der Waals surface area contributed by atoms with Crippen LogP contribution >= 0.6 is 11.3 Å². The van der Waals surface area contributed by atoms with Crippen LogP contribution in [0.15, 0.2) is 52.7 Å². The van der Waals surface area contributed by atoms with Crippen LogP contribution in [0.3, 0.4) is 0 Å². The molecular formula is C16H12F2N2O2S2. The first kappa shape index (κ1) is 16.5. The van der Waals surface area contributed by atoms with Gasteiger partial charge in [0.2, 0.25) is 0 Å². The fraction of sp³-hybridized carbons (Fsp3) is 0.0625. The highest BCUT2D eigenvalue weighted by Gasteiger charge is 2.17. The number of hydrogen-bond acceptors (Lipinski definition) is 4. The van der Waals surface area contributed by atoms with Gasteiger partial charge in [-0.15, -0.1) is 11.3 Å². The molecule has 2 aromatic carbocycles. The molecule has 0 fully saturated rings. The van der Waals surface area contributed by atoms with E-state index in [1.54, 1.807) is 18.2 Å². The molecular weight excluding hydrogens is 354 g/mol. The van der Waals surface area contributed by atoms with Crippen molar-refractivity contribution in [1.82, 2.24) is 4.98 Å². The second-order valence-electron chi connectivity index (χ2n) is 5.01. The number of benzene rings is 2. The summed E-state index contributed by atoms with van der Waals surface area (Å²) in [5.41, 5.74) is 1.80. The highest BCUT2D eigenvalue weighted by atomic mass is 32.2. The van der Waals surface area contributed by atoms with Gasteiger partial charge in [-0.05, 0) is 37.3 Å². The van der Waals surface area contributed by atoms with Crippen LogP contribution < -0.4 is 4.72 Å². The number of aryl methyl sites for hydroxylation is 1. The van der Waals surface area contributed by atoms with Gasteiger partial charge in [0, 0.05) is 16.6 Å². The van der Waals surface area contributed by atoms with Crippen LogP contribution in [0.5, 0.6) is 0 Å². The Morgan fingerprint density at radius 3 is 2.54 bits per heavy atom. The molecule has 1 N–H and O–H groups in total. The minimum atomic E-state index is -4.02. The first-order valence-corrected chi connectivity index (χ1v) is 9.22. The number of nitrogens with zero attached hydrogens (tertiary/aromatic N) is 1. The molecule has 0 saturated carbocycles. The normalized spacial score (nSPS) is 11.5. The van der Waals surface area contributed by atoms with Crippen molar-refractivity contribution in [3.63, 3.8) is 0 Å². The van der Waals surface area contributed by atoms with E-state index in [1.165, 1.54) is 11.3 Å². The SMILES string of the molecule is Cc1nc(-c2cccc(NS(=O)(=O)c3ccc(F)c(F)c3)c2)cs1. The van der Waals surface area contributed by atoms with Gasteiger partial charge in [0.25, 0.3) is 10.0 Å². The summed E-state index contributed by atoms with van der Waals surface area (Å²) in [6.07, 6.45) is 0. The van der Waals surface area contributed by atoms with E-state index in [0.29, 0.717) is 11.8 Å². The number of aromatic nitrogens is 1. The van der Waals surface area contributed by atoms with Gasteiger partial charge in [-0.1, -0.05) is 12.1 Å². The van der Waals surface area contributed by atoms with E-state index in [-0.39, 0.29) is 4.90 Å². The van der Waals surface area contributed by atoms with E-state index in [2.05, 4.69) is 9.71 Å². The second kappa shape index (κ2) is 6.29. The van der Waals surface area contributed by atoms with Gasteiger partial charge in [-0.25, -0.2) is 22.2 Å². The molecule has 0 atom stereocenters. The predicted molar refractivity (Wildman–Crippen MR) is 89.5 cm³/mol. The summed E-state index contributed by atoms with van der Waals surface area (Å²) >= 11 is 1.49. The van der Waals surface area contributed by atoms with Crippen LogP contribution in [0.25, 0.3) is 11.3 Å². The third-order valence-electron chi connectivity index (χ3n) is 3.23. The molecule has 8 heteroatoms. The number of anilines is 1. The lowest BCUT2D eigenvalue weighted by Crippen LogP contribution is -2.13. The molecule has 3 aromatic rings. The van der Waals surface area contributed by atoms with Crippen LogP contribution in [0, 0.1) is 18.6 Å². The first-order valence-electron chi connectivity index (χ1n) is 6.85. The van der Waals surface area contributed by atoms with Gasteiger partial charge in [0.15, 0.2) is 11.6 Å². The molecule has 0 aliphatic rings. The minimum absolute atomic E-state index is 0.308. The number of halogens is 2. The maximum absolute atomic E-state index is 13.3. The lowest BCUT2D eigenvalue weighted by atomic mass is 10.1. The average Bonchev–Trinajstić information content (AvgIpc) is 2.96. The molecule has 4 nitrogen and oxygen atoms in total. The minimum Gasteiger partial charge on any atom is -0.280 e. The van der Waals surface area contributed by atoms with Crippen molar-refractivity contribution in [2.45, 2.75) is 11.8 Å². The van der Waals surface area contributed by atoms with Gasteiger partial charge in [-0.3, -0.25) is 4.72 Å². The van der Waals surface area contributed by atoms with E-state index in [4.69, 9.17) is 0 Å². The lowest BCUT2D eigenvalue weighted by Gasteiger charge is -2.09. The third kappa shape index (κ3) is 3.44. The van der Waals surface area contributed by atoms with Gasteiger partial charge >= 0.3 is 0 Å². The molecule has 0 saturated heterocycles. The van der Waals surface area contributed by atoms with Crippen LogP contribution in [0.2, 0.25) is 0 Å². The fourth-order valence-corrected chi connectivity index (χ4v) is 3.78. The number of nitrogens with one attached hydrogen (secondary N) is 1. The Balaban J connectivity index is 1.91. The number of hydrogen-bond donors (Lipinski definition) is 1. The Bertz CT molecular complexity index is 1000. The maximum Gasteiger partial charge on any atom is 0.261 e. The zero-order valence-corrected chi connectivity index (χ0v) is 14.1. The van der Waals surface area contributed by atoms with Crippen molar-refractivity contribution in [1.29, 1.82) is 0 Å². The molecule has 0 amide bonds. The zero-order valence-electron chi connectivity index (χ0n) is 12.5. The van der Waals surface area contributed by atoms with Crippen molar-refractivity contribution in [3.8, 4) is 11.3 Å². The zero-order chi connectivity index (χ0) is 17.3. The monoisotopic (exact) mass is 366 g/mol. The Kier molecular flexibility index (Phi) is 4.33. The summed E-state index contributed by atoms with van der Waals surface area (Å²) < 4.78 is 53.2. The van der Waals surface area contributed by atoms with Crippen LogP contribution in [-0.2, 0) is 10.0 Å². The van der Waals surface area contributed by atoms with E-state index in [0.717, 1.165) is 28.4 Å². The van der Waals surface area contributed by atoms with Gasteiger partial charge in [0.1, 0.15) is 0 Å². The summed E-state index contributed by atoms with van der Waals surface area (Å²) in [4.78, 5) is 4.00. The van der Waals surface area contributed by atoms with Crippen LogP contribution in [0.4, 0.5) is 14.5 Å². The van der Waals surface area contributed by atoms with E-state index in [1.807, 2.05) is 18.4 Å². The summed E-state index contributed by atoms with van der Waals surface area (Å²) in [6, 6.07) is 9.13. The van der Waals surface area contributed by atoms with Crippen molar-refractivity contribution in [2.75, 3.05) is 4.72 Å². The molecule has 0 spiro atoms. The molecule has 1 aromatic heterocycles. The number of rotatable bonds is 4. The molecule has 0 aliphatic carbocycles. The number of thiazole rings is 1. The summed E-state index contributed by atoms with van der Waals surface area (Å²) in [5.74, 6) is -2.32. The smallest absolute Gasteiger partial charge is 0.261 e. The Morgan fingerprint density at radius 1 is 1.08 bits per heavy atom. The largest absolute Gasteiger partial charge is 0.280 e. The predicted octanol–water partition coefficient (Wildman–Crippen LogP) is 4.20. The first-order chi connectivity index (χ1) is 11.3. The van der Waals surface area contributed by atoms with E-state index in [9.17, 15) is 17.2 Å². The molecule has 124 valence electrons. The molecule has 0 unspecified atom stereocenters. The Labute approximate surface area is 141 Å². The highest BCUT2D eigenvalue weighted by Crippen LogP contribution is 2.25. The van der Waals surface area contributed by atoms with Crippen molar-refractivity contribution in [2.24, 2.45) is 0 Å². The molecule has 24 heavy (non-hydrogen) atoms. The lowest BCUT2D eigenvalue weighted by molar-refractivity contribution is 0.504. The summed E-state index contributed by atoms with van der Waals surface area (Å²) in [6.45, 7) is 1.88. The Hall–Kier alpha value is -2.32. The maximum atomic E-state index is 13.3. The van der Waals surface area contributed by atoms with Gasteiger partial charge in [0.05, 0.1) is 15.6 Å². The summed E-state index contributed by atoms with van der Waals surface area (Å²) in [7, 11) is -4.02. The molecule has 1 heterocycles. The van der Waals surface area contributed by atoms with E-state index >= 15 is 0 Å². The molecule has 0 aliphatic heterocycles. The van der Waals surface area contributed by atoms with Crippen molar-refractivity contribution < 1.29 is 17.2 Å². The van der Waals surface area contributed by atoms with Crippen LogP contribution in [-0.4, -0.2) is 13.4 Å². The van der Waals surface area contributed by atoms with Crippen molar-refractivity contribution in [3.05, 3.63) is 64.5 Å². The molecule has 0 radical (unpaired) electrons. The third-order valence-corrected chi connectivity index (χ3v) is 5.38. The number of sulfonamides is 1. The molecule has 3 rings (SSSR count). The summed E-state index contributed by atoms with van der Waals surface area (Å²) in [5, 5.41) is 2.77. The van der Waals surface area contributed by atoms with Crippen molar-refractivity contribution >= 4 is 27.0 Å². The average molecular weight is 366 g/mol. The standard InChI is InChI=1S/C16H12F2N2O2S2/c1-10-19-16(9-23-10)11-3-2-4-12(7-11)20-24(21,22)13-5-6-14(17)15(18)8-13/h2-9,20H,1H3. The van der Waals surface area contributed by atoms with Gasteiger partial charge < -0.3 is 0 Å². The topological polar surface area (TPSA) is 59.1 Å². The van der Waals surface area contributed by atoms with Crippen LogP contribution in [0.1, 0.15) is 5.01 Å².